The molecule has 0 spiro atoms. The van der Waals surface area contributed by atoms with E-state index in [9.17, 15) is 0 Å². The van der Waals surface area contributed by atoms with Crippen LogP contribution in [0, 0.1) is 0 Å². The Labute approximate surface area is 266 Å². The molecule has 0 bridgehead atoms. The molecule has 0 amide bonds. The second-order valence-electron chi connectivity index (χ2n) is 13.1. The molecule has 3 heteroatoms. The van der Waals surface area contributed by atoms with Crippen molar-refractivity contribution in [3.8, 4) is 33.6 Å². The number of hydrogen-bond donors (Lipinski definition) is 1. The third-order valence-electron chi connectivity index (χ3n) is 10.2. The van der Waals surface area contributed by atoms with Gasteiger partial charge in [-0.3, -0.25) is 4.98 Å². The van der Waals surface area contributed by atoms with Gasteiger partial charge in [-0.2, -0.15) is 0 Å². The van der Waals surface area contributed by atoms with E-state index in [2.05, 4.69) is 146 Å². The van der Waals surface area contributed by atoms with E-state index in [1.165, 1.54) is 54.6 Å². The van der Waals surface area contributed by atoms with Gasteiger partial charge >= 0.3 is 0 Å². The van der Waals surface area contributed by atoms with Crippen LogP contribution in [0.5, 0.6) is 0 Å². The zero-order valence-corrected chi connectivity index (χ0v) is 25.6. The van der Waals surface area contributed by atoms with E-state index in [1.54, 1.807) is 0 Å². The van der Waals surface area contributed by atoms with Crippen LogP contribution in [0.3, 0.4) is 0 Å². The van der Waals surface area contributed by atoms with Crippen LogP contribution in [0.25, 0.3) is 87.9 Å². The number of aromatic amines is 1. The summed E-state index contributed by atoms with van der Waals surface area (Å²) in [4.78, 5) is 13.7. The third kappa shape index (κ3) is 3.48. The second kappa shape index (κ2) is 9.12. The van der Waals surface area contributed by atoms with Gasteiger partial charge in [0.15, 0.2) is 0 Å². The molecule has 0 saturated carbocycles. The van der Waals surface area contributed by atoms with Gasteiger partial charge in [0.05, 0.1) is 22.4 Å². The molecule has 0 saturated heterocycles. The minimum absolute atomic E-state index is 0.0523. The molecule has 6 aromatic carbocycles. The molecule has 1 aliphatic rings. The summed E-state index contributed by atoms with van der Waals surface area (Å²) in [6.45, 7) is 4.64. The van der Waals surface area contributed by atoms with Crippen LogP contribution in [0.15, 0.2) is 134 Å². The molecule has 0 atom stereocenters. The predicted molar refractivity (Wildman–Crippen MR) is 192 cm³/mol. The number of hydrogen-bond acceptors (Lipinski definition) is 2. The van der Waals surface area contributed by atoms with E-state index < -0.39 is 0 Å². The Morgan fingerprint density at radius 3 is 1.91 bits per heavy atom. The van der Waals surface area contributed by atoms with Crippen LogP contribution in [0.1, 0.15) is 25.0 Å². The zero-order chi connectivity index (χ0) is 30.6. The van der Waals surface area contributed by atoms with E-state index in [0.717, 1.165) is 44.5 Å². The van der Waals surface area contributed by atoms with E-state index >= 15 is 0 Å². The number of benzene rings is 6. The SMILES string of the molecule is CC1(C)c2ccccc2-c2ccc(-c3cc(-c4ccc5[nH]c6cc7c8ccccc8c8ccccc8c7cc6c5n4)ccn3)cc21. The molecule has 3 heterocycles. The highest BCUT2D eigenvalue weighted by Crippen LogP contribution is 2.49. The number of nitrogens with zero attached hydrogens (tertiary/aromatic N) is 2. The highest BCUT2D eigenvalue weighted by atomic mass is 14.8. The molecule has 216 valence electrons. The maximum Gasteiger partial charge on any atom is 0.0965 e. The lowest BCUT2D eigenvalue weighted by Gasteiger charge is -2.21. The number of pyridine rings is 2. The molecule has 1 N–H and O–H groups in total. The maximum absolute atomic E-state index is 5.27. The van der Waals surface area contributed by atoms with Crippen molar-refractivity contribution in [3.05, 3.63) is 145 Å². The number of nitrogens with one attached hydrogen (secondary N) is 1. The average Bonchev–Trinajstić information content (AvgIpc) is 3.58. The summed E-state index contributed by atoms with van der Waals surface area (Å²) in [5.74, 6) is 0. The van der Waals surface area contributed by atoms with Crippen LogP contribution in [0.2, 0.25) is 0 Å². The smallest absolute Gasteiger partial charge is 0.0965 e. The quantitative estimate of drug-likeness (QED) is 0.204. The first-order chi connectivity index (χ1) is 22.5. The van der Waals surface area contributed by atoms with E-state index in [-0.39, 0.29) is 5.41 Å². The fraction of sp³-hybridized carbons (Fsp3) is 0.0698. The summed E-state index contributed by atoms with van der Waals surface area (Å²) in [6.07, 6.45) is 1.91. The van der Waals surface area contributed by atoms with Crippen molar-refractivity contribution in [1.29, 1.82) is 0 Å². The average molecular weight is 588 g/mol. The number of aromatic nitrogens is 3. The van der Waals surface area contributed by atoms with Crippen LogP contribution in [-0.4, -0.2) is 15.0 Å². The van der Waals surface area contributed by atoms with Crippen molar-refractivity contribution in [2.45, 2.75) is 19.3 Å². The lowest BCUT2D eigenvalue weighted by atomic mass is 9.82. The fourth-order valence-corrected chi connectivity index (χ4v) is 7.93. The van der Waals surface area contributed by atoms with Gasteiger partial charge in [0.1, 0.15) is 0 Å². The van der Waals surface area contributed by atoms with Crippen molar-refractivity contribution in [2.75, 3.05) is 0 Å². The molecule has 3 nitrogen and oxygen atoms in total. The largest absolute Gasteiger partial charge is 0.353 e. The highest BCUT2D eigenvalue weighted by molar-refractivity contribution is 6.28. The van der Waals surface area contributed by atoms with E-state index in [0.29, 0.717) is 0 Å². The van der Waals surface area contributed by atoms with Gasteiger partial charge in [-0.25, -0.2) is 4.98 Å². The molecule has 9 aromatic rings. The molecular weight excluding hydrogens is 558 g/mol. The van der Waals surface area contributed by atoms with Gasteiger partial charge in [0.25, 0.3) is 0 Å². The Morgan fingerprint density at radius 1 is 0.478 bits per heavy atom. The van der Waals surface area contributed by atoms with Crippen LogP contribution >= 0.6 is 0 Å². The first-order valence-electron chi connectivity index (χ1n) is 15.9. The van der Waals surface area contributed by atoms with Gasteiger partial charge in [-0.1, -0.05) is 98.8 Å². The minimum Gasteiger partial charge on any atom is -0.353 e. The summed E-state index contributed by atoms with van der Waals surface area (Å²) < 4.78 is 0. The third-order valence-corrected chi connectivity index (χ3v) is 10.2. The Balaban J connectivity index is 1.12. The van der Waals surface area contributed by atoms with E-state index in [4.69, 9.17) is 9.97 Å². The number of H-pyrrole nitrogens is 1. The first-order valence-corrected chi connectivity index (χ1v) is 15.9. The van der Waals surface area contributed by atoms with Crippen molar-refractivity contribution in [1.82, 2.24) is 15.0 Å². The minimum atomic E-state index is -0.0523. The molecule has 10 rings (SSSR count). The van der Waals surface area contributed by atoms with E-state index in [1.807, 2.05) is 6.20 Å². The normalized spacial score (nSPS) is 13.6. The maximum atomic E-state index is 5.27. The van der Waals surface area contributed by atoms with Crippen molar-refractivity contribution < 1.29 is 0 Å². The topological polar surface area (TPSA) is 41.6 Å². The van der Waals surface area contributed by atoms with Gasteiger partial charge in [-0.05, 0) is 97.0 Å². The second-order valence-corrected chi connectivity index (χ2v) is 13.1. The van der Waals surface area contributed by atoms with Gasteiger partial charge in [0.2, 0.25) is 0 Å². The lowest BCUT2D eigenvalue weighted by Crippen LogP contribution is -2.14. The van der Waals surface area contributed by atoms with Gasteiger partial charge < -0.3 is 4.98 Å². The van der Waals surface area contributed by atoms with Gasteiger partial charge in [-0.15, -0.1) is 0 Å². The molecule has 1 aliphatic carbocycles. The molecule has 0 unspecified atom stereocenters. The standard InChI is InChI=1S/C43H29N3/c1-43(2)36-14-8-7-13-31(36)32-16-15-25(21-37(32)43)40-22-26(19-20-44-40)38-17-18-39-42(46-38)35-23-33-29-11-5-3-9-27(29)28-10-4-6-12-30(28)34(33)24-41(35)45-39/h3-24,45H,1-2H3. The lowest BCUT2D eigenvalue weighted by molar-refractivity contribution is 0.660. The van der Waals surface area contributed by atoms with Crippen molar-refractivity contribution in [2.24, 2.45) is 0 Å². The van der Waals surface area contributed by atoms with Gasteiger partial charge in [0, 0.05) is 33.6 Å². The van der Waals surface area contributed by atoms with Crippen molar-refractivity contribution >= 4 is 54.3 Å². The summed E-state index contributed by atoms with van der Waals surface area (Å²) in [7, 11) is 0. The first kappa shape index (κ1) is 25.5. The fourth-order valence-electron chi connectivity index (χ4n) is 7.93. The van der Waals surface area contributed by atoms with Crippen LogP contribution in [0.4, 0.5) is 0 Å². The van der Waals surface area contributed by atoms with Crippen LogP contribution < -0.4 is 0 Å². The Bertz CT molecular complexity index is 2730. The zero-order valence-electron chi connectivity index (χ0n) is 25.6. The van der Waals surface area contributed by atoms with Crippen molar-refractivity contribution in [3.63, 3.8) is 0 Å². The molecule has 0 radical (unpaired) electrons. The summed E-state index contributed by atoms with van der Waals surface area (Å²) >= 11 is 0. The molecule has 0 aliphatic heterocycles. The summed E-state index contributed by atoms with van der Waals surface area (Å²) in [5, 5.41) is 8.75. The highest BCUT2D eigenvalue weighted by Gasteiger charge is 2.35. The van der Waals surface area contributed by atoms with Crippen LogP contribution in [-0.2, 0) is 5.41 Å². The Morgan fingerprint density at radius 2 is 1.13 bits per heavy atom. The number of fused-ring (bicyclic) bond motifs is 12. The Kier molecular flexibility index (Phi) is 5.06. The number of rotatable bonds is 2. The predicted octanol–water partition coefficient (Wildman–Crippen LogP) is 11.2. The monoisotopic (exact) mass is 587 g/mol. The molecule has 46 heavy (non-hydrogen) atoms. The summed E-state index contributed by atoms with van der Waals surface area (Å²) in [6, 6.07) is 46.2. The molecule has 3 aromatic heterocycles. The Hall–Kier alpha value is -5.80. The molecular formula is C43H29N3. The summed E-state index contributed by atoms with van der Waals surface area (Å²) in [5.41, 5.74) is 12.5. The molecule has 0 fully saturated rings.